The Labute approximate surface area is 119 Å². The monoisotopic (exact) mass is 283 g/mol. The smallest absolute Gasteiger partial charge is 0.251 e. The lowest BCUT2D eigenvalue weighted by atomic mass is 10.1. The highest BCUT2D eigenvalue weighted by atomic mass is 19.1. The molecule has 0 aliphatic heterocycles. The summed E-state index contributed by atoms with van der Waals surface area (Å²) in [7, 11) is 0. The second kappa shape index (κ2) is 7.97. The predicted molar refractivity (Wildman–Crippen MR) is 75.1 cm³/mol. The minimum atomic E-state index is -0.770. The zero-order valence-electron chi connectivity index (χ0n) is 12.1. The molecule has 20 heavy (non-hydrogen) atoms. The molecule has 1 unspecified atom stereocenters. The average molecular weight is 283 g/mol. The van der Waals surface area contributed by atoms with Gasteiger partial charge in [0.2, 0.25) is 0 Å². The molecule has 0 saturated carbocycles. The van der Waals surface area contributed by atoms with Crippen molar-refractivity contribution in [1.29, 1.82) is 0 Å². The van der Waals surface area contributed by atoms with E-state index in [0.29, 0.717) is 18.1 Å². The van der Waals surface area contributed by atoms with Crippen molar-refractivity contribution in [2.75, 3.05) is 19.8 Å². The van der Waals surface area contributed by atoms with Crippen LogP contribution in [0.5, 0.6) is 0 Å². The largest absolute Gasteiger partial charge is 0.389 e. The van der Waals surface area contributed by atoms with Gasteiger partial charge < -0.3 is 15.2 Å². The SMILES string of the molecule is Cc1ccc(C(=O)NCC(O)COCC(C)C)cc1F. The minimum Gasteiger partial charge on any atom is -0.389 e. The van der Waals surface area contributed by atoms with E-state index >= 15 is 0 Å². The van der Waals surface area contributed by atoms with Gasteiger partial charge in [-0.05, 0) is 30.5 Å². The molecule has 112 valence electrons. The summed E-state index contributed by atoms with van der Waals surface area (Å²) in [4.78, 5) is 11.8. The average Bonchev–Trinajstić information content (AvgIpc) is 2.38. The Balaban J connectivity index is 2.37. The lowest BCUT2D eigenvalue weighted by molar-refractivity contribution is 0.0259. The van der Waals surface area contributed by atoms with E-state index in [9.17, 15) is 14.3 Å². The molecule has 1 aromatic carbocycles. The number of ether oxygens (including phenoxy) is 1. The number of aryl methyl sites for hydroxylation is 1. The van der Waals surface area contributed by atoms with Crippen molar-refractivity contribution in [3.8, 4) is 0 Å². The van der Waals surface area contributed by atoms with E-state index in [1.54, 1.807) is 19.1 Å². The Morgan fingerprint density at radius 2 is 2.10 bits per heavy atom. The Bertz CT molecular complexity index is 449. The summed E-state index contributed by atoms with van der Waals surface area (Å²) in [6, 6.07) is 4.29. The number of nitrogens with one attached hydrogen (secondary N) is 1. The molecule has 0 aliphatic carbocycles. The molecule has 0 fully saturated rings. The molecule has 1 rings (SSSR count). The number of carbonyl (C=O) groups is 1. The Hall–Kier alpha value is -1.46. The zero-order chi connectivity index (χ0) is 15.1. The van der Waals surface area contributed by atoms with Crippen molar-refractivity contribution >= 4 is 5.91 Å². The number of hydrogen-bond acceptors (Lipinski definition) is 3. The maximum atomic E-state index is 13.3. The first-order valence-electron chi connectivity index (χ1n) is 6.70. The fraction of sp³-hybridized carbons (Fsp3) is 0.533. The first-order chi connectivity index (χ1) is 9.40. The summed E-state index contributed by atoms with van der Waals surface area (Å²) in [5.41, 5.74) is 0.729. The van der Waals surface area contributed by atoms with E-state index in [4.69, 9.17) is 4.74 Å². The van der Waals surface area contributed by atoms with Gasteiger partial charge in [-0.25, -0.2) is 4.39 Å². The van der Waals surface area contributed by atoms with E-state index in [1.165, 1.54) is 6.07 Å². The lowest BCUT2D eigenvalue weighted by Crippen LogP contribution is -2.34. The third kappa shape index (κ3) is 5.67. The molecule has 1 atom stereocenters. The molecular formula is C15H22FNO3. The highest BCUT2D eigenvalue weighted by molar-refractivity contribution is 5.94. The predicted octanol–water partition coefficient (Wildman–Crippen LogP) is 1.90. The van der Waals surface area contributed by atoms with Crippen LogP contribution in [0.4, 0.5) is 4.39 Å². The highest BCUT2D eigenvalue weighted by Gasteiger charge is 2.11. The van der Waals surface area contributed by atoms with Gasteiger partial charge in [-0.3, -0.25) is 4.79 Å². The molecule has 0 radical (unpaired) electrons. The summed E-state index contributed by atoms with van der Waals surface area (Å²) in [6.07, 6.45) is -0.770. The van der Waals surface area contributed by atoms with Crippen molar-refractivity contribution < 1.29 is 19.0 Å². The quantitative estimate of drug-likeness (QED) is 0.803. The van der Waals surface area contributed by atoms with Crippen LogP contribution in [0, 0.1) is 18.7 Å². The van der Waals surface area contributed by atoms with Gasteiger partial charge in [0.1, 0.15) is 5.82 Å². The van der Waals surface area contributed by atoms with Gasteiger partial charge in [0.25, 0.3) is 5.91 Å². The third-order valence-electron chi connectivity index (χ3n) is 2.69. The van der Waals surface area contributed by atoms with Crippen molar-refractivity contribution in [3.05, 3.63) is 35.1 Å². The van der Waals surface area contributed by atoms with Crippen molar-refractivity contribution in [2.45, 2.75) is 26.9 Å². The number of halogens is 1. The van der Waals surface area contributed by atoms with Crippen molar-refractivity contribution in [1.82, 2.24) is 5.32 Å². The first-order valence-corrected chi connectivity index (χ1v) is 6.70. The summed E-state index contributed by atoms with van der Waals surface area (Å²) >= 11 is 0. The van der Waals surface area contributed by atoms with Crippen LogP contribution in [0.25, 0.3) is 0 Å². The van der Waals surface area contributed by atoms with E-state index in [1.807, 2.05) is 13.8 Å². The standard InChI is InChI=1S/C15H22FNO3/c1-10(2)8-20-9-13(18)7-17-15(19)12-5-4-11(3)14(16)6-12/h4-6,10,13,18H,7-9H2,1-3H3,(H,17,19). The van der Waals surface area contributed by atoms with Crippen molar-refractivity contribution in [3.63, 3.8) is 0 Å². The zero-order valence-corrected chi connectivity index (χ0v) is 12.1. The van der Waals surface area contributed by atoms with Gasteiger partial charge in [0.05, 0.1) is 12.7 Å². The maximum absolute atomic E-state index is 13.3. The Morgan fingerprint density at radius 3 is 2.70 bits per heavy atom. The van der Waals surface area contributed by atoms with Crippen molar-refractivity contribution in [2.24, 2.45) is 5.92 Å². The van der Waals surface area contributed by atoms with Crippen LogP contribution in [0.3, 0.4) is 0 Å². The van der Waals surface area contributed by atoms with Crippen LogP contribution in [-0.4, -0.2) is 36.9 Å². The van der Waals surface area contributed by atoms with Crippen LogP contribution < -0.4 is 5.32 Å². The fourth-order valence-corrected chi connectivity index (χ4v) is 1.55. The summed E-state index contributed by atoms with van der Waals surface area (Å²) in [6.45, 7) is 6.47. The molecular weight excluding hydrogens is 261 g/mol. The number of hydrogen-bond donors (Lipinski definition) is 2. The van der Waals surface area contributed by atoms with Gasteiger partial charge in [-0.15, -0.1) is 0 Å². The molecule has 0 heterocycles. The van der Waals surface area contributed by atoms with E-state index in [-0.39, 0.29) is 18.7 Å². The van der Waals surface area contributed by atoms with E-state index < -0.39 is 17.8 Å². The minimum absolute atomic E-state index is 0.0758. The van der Waals surface area contributed by atoms with Crippen LogP contribution in [0.2, 0.25) is 0 Å². The van der Waals surface area contributed by atoms with Crippen LogP contribution in [-0.2, 0) is 4.74 Å². The lowest BCUT2D eigenvalue weighted by Gasteiger charge is -2.13. The van der Waals surface area contributed by atoms with Gasteiger partial charge in [-0.1, -0.05) is 19.9 Å². The molecule has 0 spiro atoms. The number of aliphatic hydroxyl groups excluding tert-OH is 1. The highest BCUT2D eigenvalue weighted by Crippen LogP contribution is 2.08. The Kier molecular flexibility index (Phi) is 6.61. The van der Waals surface area contributed by atoms with Gasteiger partial charge in [-0.2, -0.15) is 0 Å². The van der Waals surface area contributed by atoms with E-state index in [0.717, 1.165) is 0 Å². The van der Waals surface area contributed by atoms with Gasteiger partial charge in [0, 0.05) is 18.7 Å². The molecule has 0 aliphatic rings. The first kappa shape index (κ1) is 16.6. The number of rotatable bonds is 7. The topological polar surface area (TPSA) is 58.6 Å². The molecule has 1 amide bonds. The molecule has 4 nitrogen and oxygen atoms in total. The maximum Gasteiger partial charge on any atom is 0.251 e. The second-order valence-corrected chi connectivity index (χ2v) is 5.26. The van der Waals surface area contributed by atoms with Crippen LogP contribution >= 0.6 is 0 Å². The number of benzene rings is 1. The molecule has 0 aromatic heterocycles. The summed E-state index contributed by atoms with van der Waals surface area (Å²) in [5, 5.41) is 12.2. The second-order valence-electron chi connectivity index (χ2n) is 5.26. The molecule has 5 heteroatoms. The van der Waals surface area contributed by atoms with Crippen LogP contribution in [0.15, 0.2) is 18.2 Å². The Morgan fingerprint density at radius 1 is 1.40 bits per heavy atom. The fourth-order valence-electron chi connectivity index (χ4n) is 1.55. The molecule has 1 aromatic rings. The molecule has 0 saturated heterocycles. The number of amides is 1. The van der Waals surface area contributed by atoms with Gasteiger partial charge >= 0.3 is 0 Å². The number of aliphatic hydroxyl groups is 1. The summed E-state index contributed by atoms with van der Waals surface area (Å²) < 4.78 is 18.6. The summed E-state index contributed by atoms with van der Waals surface area (Å²) in [5.74, 6) is -0.433. The van der Waals surface area contributed by atoms with Gasteiger partial charge in [0.15, 0.2) is 0 Å². The third-order valence-corrected chi connectivity index (χ3v) is 2.69. The van der Waals surface area contributed by atoms with Crippen LogP contribution in [0.1, 0.15) is 29.8 Å². The number of carbonyl (C=O) groups excluding carboxylic acids is 1. The normalized spacial score (nSPS) is 12.5. The van der Waals surface area contributed by atoms with E-state index in [2.05, 4.69) is 5.32 Å². The molecule has 2 N–H and O–H groups in total. The molecule has 0 bridgehead atoms.